The molecule has 8 unspecified atom stereocenters. The van der Waals surface area contributed by atoms with Crippen molar-refractivity contribution in [2.24, 2.45) is 0 Å². The fraction of sp³-hybridized carbons (Fsp3) is 0.853. The predicted octanol–water partition coefficient (Wildman–Crippen LogP) is 16.4. The lowest BCUT2D eigenvalue weighted by molar-refractivity contribution is -0.305. The first kappa shape index (κ1) is 74.6. The third-order valence-electron chi connectivity index (χ3n) is 15.7. The van der Waals surface area contributed by atoms with E-state index in [4.69, 9.17) is 14.2 Å². The first-order valence-corrected chi connectivity index (χ1v) is 33.4. The first-order chi connectivity index (χ1) is 38.7. The average Bonchev–Trinajstić information content (AvgIpc) is 3.45. The highest BCUT2D eigenvalue weighted by molar-refractivity contribution is 5.80. The van der Waals surface area contributed by atoms with Crippen LogP contribution in [0, 0.1) is 0 Å². The Kier molecular flexibility index (Phi) is 53.0. The van der Waals surface area contributed by atoms with E-state index in [1.807, 2.05) is 6.08 Å². The molecule has 0 spiro atoms. The summed E-state index contributed by atoms with van der Waals surface area (Å²) in [6, 6.07) is -1.03. The van der Waals surface area contributed by atoms with Gasteiger partial charge < -0.3 is 45.1 Å². The van der Waals surface area contributed by atoms with Gasteiger partial charge >= 0.3 is 5.97 Å². The van der Waals surface area contributed by atoms with Crippen molar-refractivity contribution in [3.63, 3.8) is 0 Å². The Labute approximate surface area is 485 Å². The number of amides is 1. The maximum atomic E-state index is 13.4. The van der Waals surface area contributed by atoms with Crippen molar-refractivity contribution in [1.82, 2.24) is 5.32 Å². The maximum absolute atomic E-state index is 13.4. The molecule has 0 radical (unpaired) electrons. The summed E-state index contributed by atoms with van der Waals surface area (Å²) in [4.78, 5) is 26.6. The minimum absolute atomic E-state index is 0.124. The van der Waals surface area contributed by atoms with Crippen LogP contribution in [0.15, 0.2) is 48.6 Å². The number of nitrogens with one attached hydrogen (secondary N) is 1. The molecule has 462 valence electrons. The Balaban J connectivity index is 2.56. The number of carbonyl (C=O) groups is 2. The third-order valence-corrected chi connectivity index (χ3v) is 15.7. The maximum Gasteiger partial charge on any atom is 0.306 e. The molecule has 1 heterocycles. The van der Waals surface area contributed by atoms with E-state index in [0.29, 0.717) is 12.8 Å². The number of carbonyl (C=O) groups excluding carboxylic acids is 2. The van der Waals surface area contributed by atoms with Gasteiger partial charge in [-0.15, -0.1) is 0 Å². The smallest absolute Gasteiger partial charge is 0.306 e. The van der Waals surface area contributed by atoms with Gasteiger partial charge in [0.1, 0.15) is 24.4 Å². The van der Waals surface area contributed by atoms with Crippen LogP contribution in [0.3, 0.4) is 0 Å². The van der Waals surface area contributed by atoms with Crippen molar-refractivity contribution in [1.29, 1.82) is 0 Å². The van der Waals surface area contributed by atoms with Crippen LogP contribution in [0.2, 0.25) is 0 Å². The van der Waals surface area contributed by atoms with Crippen LogP contribution >= 0.6 is 0 Å². The minimum atomic E-state index is -1.61. The number of hydrogen-bond acceptors (Lipinski definition) is 10. The van der Waals surface area contributed by atoms with Gasteiger partial charge in [-0.25, -0.2) is 0 Å². The van der Waals surface area contributed by atoms with Gasteiger partial charge in [0.2, 0.25) is 5.91 Å². The zero-order valence-corrected chi connectivity index (χ0v) is 51.2. The predicted molar refractivity (Wildman–Crippen MR) is 329 cm³/mol. The Morgan fingerprint density at radius 1 is 0.494 bits per heavy atom. The van der Waals surface area contributed by atoms with E-state index in [2.05, 4.69) is 62.5 Å². The standard InChI is InChI=1S/C68H125NO10/c1-4-7-10-13-16-19-22-24-26-27-28-29-30-31-32-33-34-35-36-38-41-44-47-50-53-56-63(73)79-66-65(75)64(74)62(57-70)78-68(66)77-58-59(60(71)54-51-48-45-42-39-21-18-15-12-9-6-3)69-67(76)61(72)55-52-49-46-43-40-37-25-23-20-17-14-11-8-5-2/h17,20,23-26,51,54,59-62,64-66,68,70-72,74-75H,4-16,18-19,21-22,27-50,52-53,55-58H2,1-3H3,(H,69,76)/b20-17+,25-23+,26-24+,54-51+. The van der Waals surface area contributed by atoms with Crippen molar-refractivity contribution in [2.45, 2.75) is 359 Å². The fourth-order valence-electron chi connectivity index (χ4n) is 10.4. The number of hydrogen-bond donors (Lipinski definition) is 6. The van der Waals surface area contributed by atoms with Crippen molar-refractivity contribution in [3.05, 3.63) is 48.6 Å². The van der Waals surface area contributed by atoms with E-state index >= 15 is 0 Å². The number of esters is 1. The topological polar surface area (TPSA) is 175 Å². The zero-order valence-electron chi connectivity index (χ0n) is 51.2. The molecule has 0 aromatic carbocycles. The Bertz CT molecular complexity index is 1470. The third kappa shape index (κ3) is 43.9. The van der Waals surface area contributed by atoms with Crippen LogP contribution in [0.1, 0.15) is 310 Å². The number of aliphatic hydroxyl groups is 5. The molecule has 0 aliphatic carbocycles. The van der Waals surface area contributed by atoms with Crippen LogP contribution in [0.5, 0.6) is 0 Å². The number of allylic oxidation sites excluding steroid dienone is 7. The minimum Gasteiger partial charge on any atom is -0.454 e. The number of unbranched alkanes of at least 4 members (excludes halogenated alkanes) is 38. The second-order valence-electron chi connectivity index (χ2n) is 23.2. The Morgan fingerprint density at radius 3 is 1.33 bits per heavy atom. The van der Waals surface area contributed by atoms with Gasteiger partial charge in [-0.2, -0.15) is 0 Å². The molecule has 1 aliphatic rings. The van der Waals surface area contributed by atoms with Gasteiger partial charge in [0.05, 0.1) is 25.4 Å². The summed E-state index contributed by atoms with van der Waals surface area (Å²) in [6.45, 7) is 5.76. The molecule has 0 aromatic heterocycles. The second kappa shape index (κ2) is 56.1. The van der Waals surface area contributed by atoms with E-state index in [1.54, 1.807) is 6.08 Å². The van der Waals surface area contributed by atoms with E-state index < -0.39 is 67.4 Å². The second-order valence-corrected chi connectivity index (χ2v) is 23.2. The van der Waals surface area contributed by atoms with Crippen LogP contribution < -0.4 is 5.32 Å². The molecule has 6 N–H and O–H groups in total. The number of rotatable bonds is 57. The molecule has 0 bridgehead atoms. The van der Waals surface area contributed by atoms with Crippen LogP contribution in [-0.4, -0.2) is 99.6 Å². The van der Waals surface area contributed by atoms with Crippen LogP contribution in [0.4, 0.5) is 0 Å². The quantitative estimate of drug-likeness (QED) is 0.0149. The van der Waals surface area contributed by atoms with Crippen LogP contribution in [0.25, 0.3) is 0 Å². The molecule has 11 heteroatoms. The van der Waals surface area contributed by atoms with Gasteiger partial charge in [-0.05, 0) is 77.0 Å². The molecule has 1 saturated heterocycles. The molecule has 0 aromatic rings. The lowest BCUT2D eigenvalue weighted by Gasteiger charge is -2.41. The lowest BCUT2D eigenvalue weighted by Crippen LogP contribution is -2.61. The summed E-state index contributed by atoms with van der Waals surface area (Å²) in [5.74, 6) is -1.20. The molecule has 8 atom stereocenters. The SMILES string of the molecule is CCCCC/C=C/C=C/CCCCCCCC(O)C(=O)NC(COC1OC(CO)C(O)C(O)C1OC(=O)CCCCCCCCCCCCCCCCC/C=C/CCCCCCCC)C(O)/C=C/CCCCCCCCCCC. The molecular formula is C68H125NO10. The van der Waals surface area contributed by atoms with Gasteiger partial charge in [-0.3, -0.25) is 9.59 Å². The summed E-state index contributed by atoms with van der Waals surface area (Å²) in [6.07, 6.45) is 58.8. The molecule has 79 heavy (non-hydrogen) atoms. The van der Waals surface area contributed by atoms with Crippen molar-refractivity contribution in [2.75, 3.05) is 13.2 Å². The zero-order chi connectivity index (χ0) is 57.5. The molecule has 0 saturated carbocycles. The highest BCUT2D eigenvalue weighted by Crippen LogP contribution is 2.26. The first-order valence-electron chi connectivity index (χ1n) is 33.4. The highest BCUT2D eigenvalue weighted by atomic mass is 16.7. The normalized spacial score (nSPS) is 19.1. The summed E-state index contributed by atoms with van der Waals surface area (Å²) >= 11 is 0. The van der Waals surface area contributed by atoms with Gasteiger partial charge in [0.15, 0.2) is 12.4 Å². The van der Waals surface area contributed by atoms with E-state index in [1.165, 1.54) is 186 Å². The van der Waals surface area contributed by atoms with E-state index in [0.717, 1.165) is 77.0 Å². The van der Waals surface area contributed by atoms with Crippen molar-refractivity contribution < 1.29 is 49.3 Å². The molecule has 1 amide bonds. The largest absolute Gasteiger partial charge is 0.454 e. The van der Waals surface area contributed by atoms with Gasteiger partial charge in [-0.1, -0.05) is 275 Å². The van der Waals surface area contributed by atoms with Crippen LogP contribution in [-0.2, 0) is 23.8 Å². The lowest BCUT2D eigenvalue weighted by atomic mass is 9.99. The van der Waals surface area contributed by atoms with Gasteiger partial charge in [0, 0.05) is 6.42 Å². The summed E-state index contributed by atoms with van der Waals surface area (Å²) in [5.41, 5.74) is 0. The van der Waals surface area contributed by atoms with E-state index in [9.17, 15) is 35.1 Å². The van der Waals surface area contributed by atoms with E-state index in [-0.39, 0.29) is 19.4 Å². The average molecular weight is 1120 g/mol. The number of aliphatic hydroxyl groups excluding tert-OH is 5. The monoisotopic (exact) mass is 1120 g/mol. The molecule has 1 aliphatic heterocycles. The Morgan fingerprint density at radius 2 is 0.873 bits per heavy atom. The number of ether oxygens (including phenoxy) is 3. The molecule has 11 nitrogen and oxygen atoms in total. The fourth-order valence-corrected chi connectivity index (χ4v) is 10.4. The highest BCUT2D eigenvalue weighted by Gasteiger charge is 2.47. The summed E-state index contributed by atoms with van der Waals surface area (Å²) in [7, 11) is 0. The van der Waals surface area contributed by atoms with Crippen molar-refractivity contribution in [3.8, 4) is 0 Å². The molecule has 1 rings (SSSR count). The Hall–Kier alpha value is -2.38. The molecule has 1 fully saturated rings. The summed E-state index contributed by atoms with van der Waals surface area (Å²) < 4.78 is 17.6. The van der Waals surface area contributed by atoms with Crippen molar-refractivity contribution >= 4 is 11.9 Å². The molecular weight excluding hydrogens is 991 g/mol. The summed E-state index contributed by atoms with van der Waals surface area (Å²) in [5, 5.41) is 57.0. The van der Waals surface area contributed by atoms with Gasteiger partial charge in [0.25, 0.3) is 0 Å².